The number of nitrogens with zero attached hydrogens (tertiary/aromatic N) is 2. The maximum atomic E-state index is 11.8. The van der Waals surface area contributed by atoms with Crippen molar-refractivity contribution in [3.8, 4) is 0 Å². The topological polar surface area (TPSA) is 107 Å². The lowest BCUT2D eigenvalue weighted by Crippen LogP contribution is -2.40. The minimum atomic E-state index is -0.191. The molecule has 1 saturated heterocycles. The Morgan fingerprint density at radius 1 is 1.18 bits per heavy atom. The fraction of sp³-hybridized carbons (Fsp3) is 0.300. The predicted molar refractivity (Wildman–Crippen MR) is 116 cm³/mol. The van der Waals surface area contributed by atoms with Gasteiger partial charge in [-0.15, -0.1) is 24.8 Å². The molecule has 1 aromatic carbocycles. The average Bonchev–Trinajstić information content (AvgIpc) is 3.11. The average molecular weight is 425 g/mol. The van der Waals surface area contributed by atoms with Gasteiger partial charge >= 0.3 is 0 Å². The zero-order valence-electron chi connectivity index (χ0n) is 15.4. The molecule has 6 nitrogen and oxygen atoms in total. The van der Waals surface area contributed by atoms with Gasteiger partial charge in [0.2, 0.25) is 5.91 Å². The summed E-state index contributed by atoms with van der Waals surface area (Å²) in [6, 6.07) is 14.8. The lowest BCUT2D eigenvalue weighted by atomic mass is 9.85. The van der Waals surface area contributed by atoms with Crippen molar-refractivity contribution < 1.29 is 10.3 Å². The molecule has 0 saturated carbocycles. The molecule has 2 atom stereocenters. The number of carbonyl (C=O) groups is 1. The van der Waals surface area contributed by atoms with Gasteiger partial charge in [-0.25, -0.2) is 4.98 Å². The van der Waals surface area contributed by atoms with E-state index in [1.54, 1.807) is 0 Å². The largest absolute Gasteiger partial charge is 0.412 e. The molecule has 0 radical (unpaired) electrons. The molecule has 4 rings (SSSR count). The smallest absolute Gasteiger partial charge is 0.220 e. The second-order valence-corrected chi connectivity index (χ2v) is 6.74. The van der Waals surface area contributed by atoms with Crippen LogP contribution in [0.3, 0.4) is 0 Å². The Balaban J connectivity index is 0.00000131. The van der Waals surface area contributed by atoms with Crippen LogP contribution in [0.1, 0.15) is 30.0 Å². The first-order valence-electron chi connectivity index (χ1n) is 8.71. The van der Waals surface area contributed by atoms with Gasteiger partial charge in [0.1, 0.15) is 5.65 Å². The summed E-state index contributed by atoms with van der Waals surface area (Å²) in [6.45, 7) is 1.73. The van der Waals surface area contributed by atoms with E-state index >= 15 is 0 Å². The zero-order chi connectivity index (χ0) is 17.2. The van der Waals surface area contributed by atoms with Crippen LogP contribution in [0, 0.1) is 5.92 Å². The number of nitrogens with two attached hydrogens (primary N) is 1. The molecular weight excluding hydrogens is 399 g/mol. The minimum absolute atomic E-state index is 0. The predicted octanol–water partition coefficient (Wildman–Crippen LogP) is 3.02. The molecule has 1 aliphatic rings. The number of piperidine rings is 1. The maximum Gasteiger partial charge on any atom is 0.220 e. The van der Waals surface area contributed by atoms with Gasteiger partial charge in [-0.1, -0.05) is 30.3 Å². The Morgan fingerprint density at radius 3 is 2.64 bits per heavy atom. The van der Waals surface area contributed by atoms with E-state index in [9.17, 15) is 4.79 Å². The molecule has 2 unspecified atom stereocenters. The summed E-state index contributed by atoms with van der Waals surface area (Å²) in [5.74, 6) is -0.261. The van der Waals surface area contributed by atoms with Crippen molar-refractivity contribution in [2.24, 2.45) is 11.7 Å². The molecule has 152 valence electrons. The minimum Gasteiger partial charge on any atom is -0.412 e. The third kappa shape index (κ3) is 4.83. The first-order chi connectivity index (χ1) is 12.2. The van der Waals surface area contributed by atoms with Crippen LogP contribution in [0.25, 0.3) is 11.0 Å². The van der Waals surface area contributed by atoms with Gasteiger partial charge < -0.3 is 16.2 Å². The van der Waals surface area contributed by atoms with Gasteiger partial charge in [0.25, 0.3) is 0 Å². The SMILES string of the molecule is Cl.Cl.NC(=O)C1CCN(Cc2ccccc2)C(c2ccnc3[nH]ccc23)C1.O. The quantitative estimate of drug-likeness (QED) is 0.671. The summed E-state index contributed by atoms with van der Waals surface area (Å²) in [7, 11) is 0. The number of likely N-dealkylation sites (tertiary alicyclic amines) is 1. The third-order valence-electron chi connectivity index (χ3n) is 5.20. The first-order valence-corrected chi connectivity index (χ1v) is 8.71. The van der Waals surface area contributed by atoms with E-state index in [1.165, 1.54) is 11.1 Å². The summed E-state index contributed by atoms with van der Waals surface area (Å²) in [5, 5.41) is 1.12. The molecule has 0 bridgehead atoms. The lowest BCUT2D eigenvalue weighted by molar-refractivity contribution is -0.124. The maximum absolute atomic E-state index is 11.8. The standard InChI is InChI=1S/C20H22N4O.2ClH.H2O/c21-19(25)15-8-11-24(13-14-4-2-1-3-5-14)18(12-15)16-6-9-22-20-17(16)7-10-23-20;;;/h1-7,9-10,15,18H,8,11-13H2,(H2,21,25)(H,22,23);2*1H;1H2. The van der Waals surface area contributed by atoms with Crippen LogP contribution < -0.4 is 5.73 Å². The molecule has 1 fully saturated rings. The Morgan fingerprint density at radius 2 is 1.93 bits per heavy atom. The summed E-state index contributed by atoms with van der Waals surface area (Å²) in [6.07, 6.45) is 5.33. The van der Waals surface area contributed by atoms with Crippen LogP contribution in [0.5, 0.6) is 0 Å². The number of hydrogen-bond acceptors (Lipinski definition) is 3. The molecule has 0 aliphatic carbocycles. The molecule has 3 heterocycles. The zero-order valence-corrected chi connectivity index (χ0v) is 17.0. The van der Waals surface area contributed by atoms with E-state index in [4.69, 9.17) is 5.73 Å². The number of halogens is 2. The molecule has 1 amide bonds. The summed E-state index contributed by atoms with van der Waals surface area (Å²) in [4.78, 5) is 21.8. The number of pyridine rings is 1. The van der Waals surface area contributed by atoms with Crippen molar-refractivity contribution in [3.05, 3.63) is 66.0 Å². The summed E-state index contributed by atoms with van der Waals surface area (Å²) < 4.78 is 0. The monoisotopic (exact) mass is 424 g/mol. The highest BCUT2D eigenvalue weighted by atomic mass is 35.5. The summed E-state index contributed by atoms with van der Waals surface area (Å²) >= 11 is 0. The fourth-order valence-corrected chi connectivity index (χ4v) is 3.88. The summed E-state index contributed by atoms with van der Waals surface area (Å²) in [5.41, 5.74) is 9.01. The number of fused-ring (bicyclic) bond motifs is 1. The number of benzene rings is 1. The number of primary amides is 1. The van der Waals surface area contributed by atoms with Gasteiger partial charge in [0.15, 0.2) is 0 Å². The van der Waals surface area contributed by atoms with Gasteiger partial charge in [-0.05, 0) is 42.6 Å². The Kier molecular flexibility index (Phi) is 8.91. The first kappa shape index (κ1) is 23.9. The molecule has 28 heavy (non-hydrogen) atoms. The van der Waals surface area contributed by atoms with Gasteiger partial charge in [-0.3, -0.25) is 9.69 Å². The van der Waals surface area contributed by atoms with Crippen LogP contribution in [0.2, 0.25) is 0 Å². The number of aromatic amines is 1. The molecular formula is C20H26Cl2N4O2. The second-order valence-electron chi connectivity index (χ2n) is 6.74. The van der Waals surface area contributed by atoms with E-state index < -0.39 is 0 Å². The number of amides is 1. The number of aromatic nitrogens is 2. The van der Waals surface area contributed by atoms with Crippen molar-refractivity contribution >= 4 is 41.8 Å². The van der Waals surface area contributed by atoms with Crippen molar-refractivity contribution in [3.63, 3.8) is 0 Å². The Bertz CT molecular complexity index is 888. The number of nitrogens with one attached hydrogen (secondary N) is 1. The highest BCUT2D eigenvalue weighted by Crippen LogP contribution is 2.37. The van der Waals surface area contributed by atoms with Crippen LogP contribution in [0.15, 0.2) is 54.9 Å². The van der Waals surface area contributed by atoms with E-state index in [-0.39, 0.29) is 48.2 Å². The van der Waals surface area contributed by atoms with E-state index in [2.05, 4.69) is 51.3 Å². The highest BCUT2D eigenvalue weighted by molar-refractivity contribution is 5.85. The molecule has 3 aromatic rings. The highest BCUT2D eigenvalue weighted by Gasteiger charge is 2.33. The number of rotatable bonds is 4. The van der Waals surface area contributed by atoms with Gasteiger partial charge in [0.05, 0.1) is 0 Å². The van der Waals surface area contributed by atoms with Crippen LogP contribution >= 0.6 is 24.8 Å². The van der Waals surface area contributed by atoms with Crippen LogP contribution in [-0.4, -0.2) is 32.8 Å². The Labute approximate surface area is 176 Å². The fourth-order valence-electron chi connectivity index (χ4n) is 3.88. The van der Waals surface area contributed by atoms with Crippen LogP contribution in [-0.2, 0) is 11.3 Å². The number of hydrogen-bond donors (Lipinski definition) is 2. The number of carbonyl (C=O) groups excluding carboxylic acids is 1. The van der Waals surface area contributed by atoms with E-state index in [0.29, 0.717) is 0 Å². The van der Waals surface area contributed by atoms with Crippen molar-refractivity contribution in [1.29, 1.82) is 0 Å². The molecule has 0 spiro atoms. The third-order valence-corrected chi connectivity index (χ3v) is 5.20. The molecule has 5 N–H and O–H groups in total. The molecule has 2 aromatic heterocycles. The normalized spacial score (nSPS) is 19.1. The van der Waals surface area contributed by atoms with Crippen molar-refractivity contribution in [2.45, 2.75) is 25.4 Å². The van der Waals surface area contributed by atoms with Crippen LogP contribution in [0.4, 0.5) is 0 Å². The van der Waals surface area contributed by atoms with E-state index in [1.807, 2.05) is 18.5 Å². The second kappa shape index (κ2) is 10.4. The number of H-pyrrole nitrogens is 1. The van der Waals surface area contributed by atoms with Gasteiger partial charge in [0, 0.05) is 36.3 Å². The lowest BCUT2D eigenvalue weighted by Gasteiger charge is -2.39. The van der Waals surface area contributed by atoms with E-state index in [0.717, 1.165) is 37.0 Å². The van der Waals surface area contributed by atoms with Crippen molar-refractivity contribution in [2.75, 3.05) is 6.54 Å². The molecule has 1 aliphatic heterocycles. The Hall–Kier alpha value is -2.12. The molecule has 8 heteroatoms. The van der Waals surface area contributed by atoms with Crippen molar-refractivity contribution in [1.82, 2.24) is 14.9 Å². The van der Waals surface area contributed by atoms with Gasteiger partial charge in [-0.2, -0.15) is 0 Å².